The van der Waals surface area contributed by atoms with Crippen LogP contribution in [0.2, 0.25) is 0 Å². The van der Waals surface area contributed by atoms with Gasteiger partial charge < -0.3 is 0 Å². The summed E-state index contributed by atoms with van der Waals surface area (Å²) in [6, 6.07) is 0.757. The first-order valence-corrected chi connectivity index (χ1v) is 6.18. The maximum Gasteiger partial charge on any atom is 0.135 e. The zero-order chi connectivity index (χ0) is 9.26. The van der Waals surface area contributed by atoms with Gasteiger partial charge in [-0.2, -0.15) is 11.8 Å². The molecule has 2 rings (SSSR count). The summed E-state index contributed by atoms with van der Waals surface area (Å²) >= 11 is 2.07. The van der Waals surface area contributed by atoms with Gasteiger partial charge in [-0.15, -0.1) is 0 Å². The number of rotatable bonds is 1. The quantitative estimate of drug-likeness (QED) is 0.639. The van der Waals surface area contributed by atoms with Crippen molar-refractivity contribution in [2.45, 2.75) is 37.5 Å². The Hall–Kier alpha value is -0.0200. The number of piperidine rings is 1. The summed E-state index contributed by atoms with van der Waals surface area (Å²) in [6.45, 7) is 4.33. The fraction of sp³-hybridized carbons (Fsp3) is 0.900. The Labute approximate surface area is 84.1 Å². The number of nitrogens with zero attached hydrogens (tertiary/aromatic N) is 1. The molecule has 2 nitrogen and oxygen atoms in total. The SMILES string of the molecule is CC1CC(N2CCC(=O)CC2)CS1. The van der Waals surface area contributed by atoms with Crippen molar-refractivity contribution in [2.75, 3.05) is 18.8 Å². The number of Topliss-reactive ketones (excluding diaryl/α,β-unsaturated/α-hetero) is 1. The number of carbonyl (C=O) groups excluding carboxylic acids is 1. The Morgan fingerprint density at radius 1 is 1.38 bits per heavy atom. The van der Waals surface area contributed by atoms with E-state index in [9.17, 15) is 4.79 Å². The highest BCUT2D eigenvalue weighted by Gasteiger charge is 2.29. The first-order valence-electron chi connectivity index (χ1n) is 5.13. The van der Waals surface area contributed by atoms with Crippen LogP contribution in [0.1, 0.15) is 26.2 Å². The number of ketones is 1. The summed E-state index contributed by atoms with van der Waals surface area (Å²) in [5, 5.41) is 0.822. The van der Waals surface area contributed by atoms with Crippen molar-refractivity contribution in [1.82, 2.24) is 4.90 Å². The monoisotopic (exact) mass is 199 g/mol. The second-order valence-electron chi connectivity index (χ2n) is 4.11. The third-order valence-corrected chi connectivity index (χ3v) is 4.39. The van der Waals surface area contributed by atoms with Gasteiger partial charge in [0.25, 0.3) is 0 Å². The summed E-state index contributed by atoms with van der Waals surface area (Å²) in [4.78, 5) is 13.6. The van der Waals surface area contributed by atoms with Crippen LogP contribution in [0.4, 0.5) is 0 Å². The number of hydrogen-bond donors (Lipinski definition) is 0. The molecule has 0 aliphatic carbocycles. The van der Waals surface area contributed by atoms with Gasteiger partial charge >= 0.3 is 0 Å². The molecule has 13 heavy (non-hydrogen) atoms. The van der Waals surface area contributed by atoms with Crippen LogP contribution >= 0.6 is 11.8 Å². The van der Waals surface area contributed by atoms with Crippen LogP contribution in [-0.4, -0.2) is 40.8 Å². The highest BCUT2D eigenvalue weighted by molar-refractivity contribution is 8.00. The Morgan fingerprint density at radius 3 is 2.62 bits per heavy atom. The lowest BCUT2D eigenvalue weighted by Gasteiger charge is -2.31. The van der Waals surface area contributed by atoms with E-state index in [0.717, 1.165) is 37.2 Å². The summed E-state index contributed by atoms with van der Waals surface area (Å²) in [5.41, 5.74) is 0. The fourth-order valence-electron chi connectivity index (χ4n) is 2.19. The van der Waals surface area contributed by atoms with E-state index in [1.54, 1.807) is 0 Å². The molecule has 0 radical (unpaired) electrons. The smallest absolute Gasteiger partial charge is 0.135 e. The number of likely N-dealkylation sites (tertiary alicyclic amines) is 1. The standard InChI is InChI=1S/C10H17NOS/c1-8-6-9(7-13-8)11-4-2-10(12)3-5-11/h8-9H,2-7H2,1H3. The van der Waals surface area contributed by atoms with E-state index < -0.39 is 0 Å². The Morgan fingerprint density at radius 2 is 2.08 bits per heavy atom. The molecule has 2 atom stereocenters. The van der Waals surface area contributed by atoms with Gasteiger partial charge in [0.15, 0.2) is 0 Å². The molecule has 0 spiro atoms. The molecule has 0 N–H and O–H groups in total. The molecule has 2 aliphatic rings. The molecule has 2 saturated heterocycles. The fourth-order valence-corrected chi connectivity index (χ4v) is 3.44. The lowest BCUT2D eigenvalue weighted by atomic mass is 10.1. The Bertz CT molecular complexity index is 197. The first-order chi connectivity index (χ1) is 6.25. The number of carbonyl (C=O) groups is 1. The summed E-state index contributed by atoms with van der Waals surface area (Å²) in [5.74, 6) is 1.73. The first kappa shape index (κ1) is 9.53. The second-order valence-corrected chi connectivity index (χ2v) is 5.58. The molecule has 0 aromatic heterocycles. The molecule has 0 aromatic carbocycles. The number of thioether (sulfide) groups is 1. The van der Waals surface area contributed by atoms with Gasteiger partial charge in [-0.1, -0.05) is 6.92 Å². The molecule has 3 heteroatoms. The third-order valence-electron chi connectivity index (χ3n) is 3.05. The van der Waals surface area contributed by atoms with E-state index in [1.807, 2.05) is 0 Å². The molecule has 0 bridgehead atoms. The number of hydrogen-bond acceptors (Lipinski definition) is 3. The van der Waals surface area contributed by atoms with Crippen LogP contribution in [0, 0.1) is 0 Å². The van der Waals surface area contributed by atoms with E-state index >= 15 is 0 Å². The lowest BCUT2D eigenvalue weighted by molar-refractivity contribution is -0.121. The lowest BCUT2D eigenvalue weighted by Crippen LogP contribution is -2.41. The van der Waals surface area contributed by atoms with Gasteiger partial charge in [0, 0.05) is 43.0 Å². The van der Waals surface area contributed by atoms with Gasteiger partial charge in [0.05, 0.1) is 0 Å². The minimum Gasteiger partial charge on any atom is -0.300 e. The van der Waals surface area contributed by atoms with Crippen molar-refractivity contribution < 1.29 is 4.79 Å². The summed E-state index contributed by atoms with van der Waals surface area (Å²) < 4.78 is 0. The molecule has 2 fully saturated rings. The topological polar surface area (TPSA) is 20.3 Å². The third kappa shape index (κ3) is 2.26. The minimum absolute atomic E-state index is 0.454. The van der Waals surface area contributed by atoms with E-state index in [1.165, 1.54) is 12.2 Å². The maximum absolute atomic E-state index is 11.1. The molecule has 0 amide bonds. The molecular weight excluding hydrogens is 182 g/mol. The van der Waals surface area contributed by atoms with Crippen LogP contribution < -0.4 is 0 Å². The van der Waals surface area contributed by atoms with Gasteiger partial charge in [0.1, 0.15) is 5.78 Å². The van der Waals surface area contributed by atoms with Crippen LogP contribution in [-0.2, 0) is 4.79 Å². The molecule has 0 aromatic rings. The Kier molecular flexibility index (Phi) is 2.94. The van der Waals surface area contributed by atoms with E-state index in [0.29, 0.717) is 5.78 Å². The molecule has 0 saturated carbocycles. The van der Waals surface area contributed by atoms with E-state index in [4.69, 9.17) is 0 Å². The molecule has 2 heterocycles. The van der Waals surface area contributed by atoms with Crippen LogP contribution in [0.3, 0.4) is 0 Å². The normalized spacial score (nSPS) is 36.8. The molecule has 74 valence electrons. The average Bonchev–Trinajstić information content (AvgIpc) is 2.53. The van der Waals surface area contributed by atoms with Gasteiger partial charge in [-0.05, 0) is 6.42 Å². The van der Waals surface area contributed by atoms with Crippen LogP contribution in [0.15, 0.2) is 0 Å². The zero-order valence-electron chi connectivity index (χ0n) is 8.16. The predicted molar refractivity (Wildman–Crippen MR) is 56.1 cm³/mol. The van der Waals surface area contributed by atoms with Gasteiger partial charge in [0.2, 0.25) is 0 Å². The van der Waals surface area contributed by atoms with Crippen molar-refractivity contribution in [3.8, 4) is 0 Å². The molecular formula is C10H17NOS. The molecule has 2 unspecified atom stereocenters. The zero-order valence-corrected chi connectivity index (χ0v) is 8.98. The van der Waals surface area contributed by atoms with Crippen molar-refractivity contribution in [3.05, 3.63) is 0 Å². The second kappa shape index (κ2) is 4.01. The van der Waals surface area contributed by atoms with Crippen LogP contribution in [0.25, 0.3) is 0 Å². The maximum atomic E-state index is 11.1. The van der Waals surface area contributed by atoms with Crippen molar-refractivity contribution >= 4 is 17.5 Å². The van der Waals surface area contributed by atoms with E-state index in [2.05, 4.69) is 23.6 Å². The van der Waals surface area contributed by atoms with E-state index in [-0.39, 0.29) is 0 Å². The largest absolute Gasteiger partial charge is 0.300 e. The van der Waals surface area contributed by atoms with Crippen molar-refractivity contribution in [2.24, 2.45) is 0 Å². The highest BCUT2D eigenvalue weighted by Crippen LogP contribution is 2.30. The van der Waals surface area contributed by atoms with Gasteiger partial charge in [-0.3, -0.25) is 9.69 Å². The Balaban J connectivity index is 1.84. The van der Waals surface area contributed by atoms with Crippen molar-refractivity contribution in [1.29, 1.82) is 0 Å². The highest BCUT2D eigenvalue weighted by atomic mass is 32.2. The van der Waals surface area contributed by atoms with Crippen molar-refractivity contribution in [3.63, 3.8) is 0 Å². The predicted octanol–water partition coefficient (Wildman–Crippen LogP) is 1.55. The summed E-state index contributed by atoms with van der Waals surface area (Å²) in [6.07, 6.45) is 2.89. The molecule has 2 aliphatic heterocycles. The minimum atomic E-state index is 0.454. The van der Waals surface area contributed by atoms with Gasteiger partial charge in [-0.25, -0.2) is 0 Å². The van der Waals surface area contributed by atoms with Crippen LogP contribution in [0.5, 0.6) is 0 Å². The average molecular weight is 199 g/mol. The summed E-state index contributed by atoms with van der Waals surface area (Å²) in [7, 11) is 0.